The second-order valence-corrected chi connectivity index (χ2v) is 7.14. The molecule has 0 heterocycles. The summed E-state index contributed by atoms with van der Waals surface area (Å²) in [6, 6.07) is 0.440. The number of rotatable bonds is 7. The van der Waals surface area contributed by atoms with Gasteiger partial charge in [0.2, 0.25) is 5.91 Å². The van der Waals surface area contributed by atoms with Gasteiger partial charge in [0.05, 0.1) is 6.54 Å². The van der Waals surface area contributed by atoms with Gasteiger partial charge >= 0.3 is 0 Å². The van der Waals surface area contributed by atoms with Crippen molar-refractivity contribution >= 4 is 5.91 Å². The van der Waals surface area contributed by atoms with Gasteiger partial charge in [-0.15, -0.1) is 0 Å². The molecule has 0 unspecified atom stereocenters. The molecule has 0 aromatic rings. The van der Waals surface area contributed by atoms with E-state index in [9.17, 15) is 4.79 Å². The van der Waals surface area contributed by atoms with Crippen molar-refractivity contribution < 1.29 is 4.79 Å². The van der Waals surface area contributed by atoms with Gasteiger partial charge in [0.25, 0.3) is 0 Å². The van der Waals surface area contributed by atoms with Crippen molar-refractivity contribution in [1.82, 2.24) is 10.6 Å². The molecule has 0 aliphatic carbocycles. The lowest BCUT2D eigenvalue weighted by Crippen LogP contribution is -2.47. The van der Waals surface area contributed by atoms with Crippen LogP contribution in [0.2, 0.25) is 0 Å². The van der Waals surface area contributed by atoms with Gasteiger partial charge in [-0.05, 0) is 45.4 Å². The fourth-order valence-corrected chi connectivity index (χ4v) is 2.10. The van der Waals surface area contributed by atoms with Crippen LogP contribution in [-0.4, -0.2) is 24.0 Å². The van der Waals surface area contributed by atoms with Gasteiger partial charge in [0.15, 0.2) is 0 Å². The minimum Gasteiger partial charge on any atom is -0.350 e. The van der Waals surface area contributed by atoms with Gasteiger partial charge in [-0.2, -0.15) is 0 Å². The minimum atomic E-state index is -0.148. The summed E-state index contributed by atoms with van der Waals surface area (Å²) in [6.45, 7) is 15.3. The molecule has 0 aromatic heterocycles. The first-order chi connectivity index (χ1) is 8.10. The maximum absolute atomic E-state index is 11.8. The van der Waals surface area contributed by atoms with Crippen LogP contribution in [0, 0.1) is 11.8 Å². The molecule has 0 aliphatic rings. The molecule has 3 nitrogen and oxygen atoms in total. The first-order valence-electron chi connectivity index (χ1n) is 7.14. The van der Waals surface area contributed by atoms with Crippen molar-refractivity contribution in [1.29, 1.82) is 0 Å². The Kier molecular flexibility index (Phi) is 7.53. The first kappa shape index (κ1) is 17.4. The van der Waals surface area contributed by atoms with Crippen LogP contribution < -0.4 is 10.6 Å². The maximum atomic E-state index is 11.8. The summed E-state index contributed by atoms with van der Waals surface area (Å²) in [4.78, 5) is 11.8. The first-order valence-corrected chi connectivity index (χ1v) is 7.14. The number of hydrogen-bond acceptors (Lipinski definition) is 2. The highest BCUT2D eigenvalue weighted by atomic mass is 16.2. The van der Waals surface area contributed by atoms with Crippen LogP contribution in [0.5, 0.6) is 0 Å². The van der Waals surface area contributed by atoms with E-state index in [1.807, 2.05) is 20.8 Å². The lowest BCUT2D eigenvalue weighted by Gasteiger charge is -2.24. The number of carbonyl (C=O) groups is 1. The molecular formula is C15H32N2O. The average Bonchev–Trinajstić information content (AvgIpc) is 2.09. The molecule has 3 heteroatoms. The monoisotopic (exact) mass is 256 g/mol. The molecular weight excluding hydrogens is 224 g/mol. The molecule has 0 saturated carbocycles. The fraction of sp³-hybridized carbons (Fsp3) is 0.933. The third-order valence-corrected chi connectivity index (χ3v) is 2.58. The third kappa shape index (κ3) is 10.6. The lowest BCUT2D eigenvalue weighted by atomic mass is 9.95. The van der Waals surface area contributed by atoms with Crippen LogP contribution in [0.1, 0.15) is 61.3 Å². The Morgan fingerprint density at radius 2 is 1.44 bits per heavy atom. The van der Waals surface area contributed by atoms with E-state index < -0.39 is 0 Å². The summed E-state index contributed by atoms with van der Waals surface area (Å²) >= 11 is 0. The van der Waals surface area contributed by atoms with E-state index >= 15 is 0 Å². The van der Waals surface area contributed by atoms with E-state index in [0.29, 0.717) is 24.4 Å². The van der Waals surface area contributed by atoms with Gasteiger partial charge in [-0.25, -0.2) is 0 Å². The van der Waals surface area contributed by atoms with Crippen molar-refractivity contribution in [3.8, 4) is 0 Å². The highest BCUT2D eigenvalue weighted by Gasteiger charge is 2.16. The molecule has 0 rings (SSSR count). The predicted molar refractivity (Wildman–Crippen MR) is 78.6 cm³/mol. The van der Waals surface area contributed by atoms with E-state index in [-0.39, 0.29) is 11.4 Å². The zero-order valence-corrected chi connectivity index (χ0v) is 13.3. The van der Waals surface area contributed by atoms with E-state index in [1.165, 1.54) is 0 Å². The number of carbonyl (C=O) groups excluding carboxylic acids is 1. The van der Waals surface area contributed by atoms with E-state index in [0.717, 1.165) is 12.8 Å². The summed E-state index contributed by atoms with van der Waals surface area (Å²) < 4.78 is 0. The Morgan fingerprint density at radius 3 is 1.78 bits per heavy atom. The van der Waals surface area contributed by atoms with Crippen molar-refractivity contribution in [2.75, 3.05) is 6.54 Å². The zero-order valence-electron chi connectivity index (χ0n) is 13.3. The highest BCUT2D eigenvalue weighted by Crippen LogP contribution is 2.13. The van der Waals surface area contributed by atoms with Gasteiger partial charge < -0.3 is 10.6 Å². The second-order valence-electron chi connectivity index (χ2n) is 7.14. The second kappa shape index (κ2) is 7.78. The SMILES string of the molecule is CC(C)CC(CC(C)C)NCC(=O)NC(C)(C)C. The van der Waals surface area contributed by atoms with Crippen molar-refractivity contribution in [2.24, 2.45) is 11.8 Å². The normalized spacial score (nSPS) is 12.6. The topological polar surface area (TPSA) is 41.1 Å². The Hall–Kier alpha value is -0.570. The Labute approximate surface area is 113 Å². The molecule has 0 radical (unpaired) electrons. The maximum Gasteiger partial charge on any atom is 0.234 e. The van der Waals surface area contributed by atoms with E-state index in [2.05, 4.69) is 38.3 Å². The molecule has 2 N–H and O–H groups in total. The van der Waals surface area contributed by atoms with Crippen LogP contribution in [0.3, 0.4) is 0 Å². The van der Waals surface area contributed by atoms with Gasteiger partial charge in [0.1, 0.15) is 0 Å². The van der Waals surface area contributed by atoms with E-state index in [4.69, 9.17) is 0 Å². The molecule has 0 atom stereocenters. The van der Waals surface area contributed by atoms with Crippen LogP contribution in [0.15, 0.2) is 0 Å². The summed E-state index contributed by atoms with van der Waals surface area (Å²) in [5.74, 6) is 1.40. The number of nitrogens with one attached hydrogen (secondary N) is 2. The van der Waals surface area contributed by atoms with Gasteiger partial charge in [-0.1, -0.05) is 27.7 Å². The van der Waals surface area contributed by atoms with Gasteiger partial charge in [0, 0.05) is 11.6 Å². The van der Waals surface area contributed by atoms with Crippen molar-refractivity contribution in [2.45, 2.75) is 72.9 Å². The van der Waals surface area contributed by atoms with Crippen molar-refractivity contribution in [3.63, 3.8) is 0 Å². The number of amides is 1. The van der Waals surface area contributed by atoms with Crippen molar-refractivity contribution in [3.05, 3.63) is 0 Å². The Balaban J connectivity index is 4.13. The third-order valence-electron chi connectivity index (χ3n) is 2.58. The summed E-state index contributed by atoms with van der Waals surface area (Å²) in [5, 5.41) is 6.37. The van der Waals surface area contributed by atoms with Crippen LogP contribution in [-0.2, 0) is 4.79 Å². The average molecular weight is 256 g/mol. The zero-order chi connectivity index (χ0) is 14.3. The number of hydrogen-bond donors (Lipinski definition) is 2. The van der Waals surface area contributed by atoms with Crippen LogP contribution >= 0.6 is 0 Å². The fourth-order valence-electron chi connectivity index (χ4n) is 2.10. The molecule has 0 spiro atoms. The molecule has 1 amide bonds. The minimum absolute atomic E-state index is 0.0833. The predicted octanol–water partition coefficient (Wildman–Crippen LogP) is 2.95. The lowest BCUT2D eigenvalue weighted by molar-refractivity contribution is -0.121. The summed E-state index contributed by atoms with van der Waals surface area (Å²) in [7, 11) is 0. The molecule has 0 saturated heterocycles. The largest absolute Gasteiger partial charge is 0.350 e. The molecule has 18 heavy (non-hydrogen) atoms. The Bertz CT molecular complexity index is 231. The molecule has 0 aliphatic heterocycles. The molecule has 108 valence electrons. The standard InChI is InChI=1S/C15H32N2O/c1-11(2)8-13(9-12(3)4)16-10-14(18)17-15(5,6)7/h11-13,16H,8-10H2,1-7H3,(H,17,18). The summed E-state index contributed by atoms with van der Waals surface area (Å²) in [5.41, 5.74) is -0.148. The molecule has 0 bridgehead atoms. The Morgan fingerprint density at radius 1 is 1.00 bits per heavy atom. The molecule has 0 fully saturated rings. The molecule has 0 aromatic carbocycles. The summed E-state index contributed by atoms with van der Waals surface area (Å²) in [6.07, 6.45) is 2.25. The van der Waals surface area contributed by atoms with Crippen LogP contribution in [0.4, 0.5) is 0 Å². The van der Waals surface area contributed by atoms with Gasteiger partial charge in [-0.3, -0.25) is 4.79 Å². The smallest absolute Gasteiger partial charge is 0.234 e. The van der Waals surface area contributed by atoms with Crippen LogP contribution in [0.25, 0.3) is 0 Å². The highest BCUT2D eigenvalue weighted by molar-refractivity contribution is 5.78. The quantitative estimate of drug-likeness (QED) is 0.735. The van der Waals surface area contributed by atoms with E-state index in [1.54, 1.807) is 0 Å².